The van der Waals surface area contributed by atoms with E-state index in [-0.39, 0.29) is 10.8 Å². The summed E-state index contributed by atoms with van der Waals surface area (Å²) in [5.41, 5.74) is 9.91. The first-order chi connectivity index (χ1) is 16.5. The molecule has 0 heterocycles. The third-order valence-corrected chi connectivity index (χ3v) is 7.13. The molecule has 2 aliphatic rings. The van der Waals surface area contributed by atoms with Crippen LogP contribution in [0.3, 0.4) is 0 Å². The zero-order valence-corrected chi connectivity index (χ0v) is 20.9. The van der Waals surface area contributed by atoms with E-state index in [2.05, 4.69) is 56.2 Å². The molecule has 1 aromatic carbocycles. The Morgan fingerprint density at radius 2 is 1.86 bits per heavy atom. The summed E-state index contributed by atoms with van der Waals surface area (Å²) in [7, 11) is 0. The molecule has 1 fully saturated rings. The van der Waals surface area contributed by atoms with Crippen molar-refractivity contribution in [1.82, 2.24) is 0 Å². The molecule has 0 amide bonds. The molecule has 192 valence electrons. The fraction of sp³-hybridized carbons (Fsp3) is 0.538. The number of carboxylic acids is 2. The van der Waals surface area contributed by atoms with Gasteiger partial charge in [0.2, 0.25) is 0 Å². The Hall–Kier alpha value is -3.20. The van der Waals surface area contributed by atoms with Crippen molar-refractivity contribution in [3.63, 3.8) is 0 Å². The molecular formula is C26H37N3O6. The van der Waals surface area contributed by atoms with Crippen molar-refractivity contribution in [2.45, 2.75) is 64.7 Å². The number of nitrogens with zero attached hydrogens (tertiary/aromatic N) is 2. The Labute approximate surface area is 206 Å². The molecule has 0 spiro atoms. The number of nitrogens with two attached hydrogens (primary N) is 1. The van der Waals surface area contributed by atoms with Crippen molar-refractivity contribution in [3.05, 3.63) is 47.0 Å². The maximum Gasteiger partial charge on any atom is 0.328 e. The van der Waals surface area contributed by atoms with Crippen molar-refractivity contribution in [2.75, 3.05) is 13.2 Å². The Balaban J connectivity index is 0.000000466. The molecule has 0 unspecified atom stereocenters. The smallest absolute Gasteiger partial charge is 0.328 e. The molecule has 9 nitrogen and oxygen atoms in total. The fourth-order valence-electron chi connectivity index (χ4n) is 5.31. The van der Waals surface area contributed by atoms with E-state index in [1.165, 1.54) is 11.1 Å². The number of oxime groups is 2. The highest BCUT2D eigenvalue weighted by Gasteiger charge is 2.53. The van der Waals surface area contributed by atoms with E-state index >= 15 is 0 Å². The second-order valence-electron chi connectivity index (χ2n) is 9.91. The minimum Gasteiger partial charge on any atom is -0.478 e. The predicted octanol–water partition coefficient (Wildman–Crippen LogP) is 4.13. The molecule has 0 bridgehead atoms. The van der Waals surface area contributed by atoms with Crippen LogP contribution in [-0.2, 0) is 19.8 Å². The zero-order chi connectivity index (χ0) is 26.2. The van der Waals surface area contributed by atoms with Crippen LogP contribution in [0, 0.1) is 11.3 Å². The third-order valence-electron chi connectivity index (χ3n) is 7.13. The standard InChI is InChI=1S/C22H33N3O2.C4H4O4/c1-15(2)16-6-7-18-17(12-16)19(25-26)13-20-21(3,14-24-27-11-10-23)8-5-9-22(18,20)4;5-3(6)1-2-4(7)8/h6-7,12,14-15,20,26H,5,8-11,13,23H2,1-4H3;1-2H,(H,5,6)(H,7,8)/b24-14+,25-19-;2-1+/t20-,21-,22+;/m0./s1. The van der Waals surface area contributed by atoms with Gasteiger partial charge in [-0.15, -0.1) is 0 Å². The monoisotopic (exact) mass is 487 g/mol. The third kappa shape index (κ3) is 6.69. The lowest BCUT2D eigenvalue weighted by atomic mass is 9.50. The lowest BCUT2D eigenvalue weighted by molar-refractivity contribution is -0.134. The summed E-state index contributed by atoms with van der Waals surface area (Å²) >= 11 is 0. The summed E-state index contributed by atoms with van der Waals surface area (Å²) in [6.07, 6.45) is 7.17. The van der Waals surface area contributed by atoms with Crippen LogP contribution in [0.1, 0.15) is 76.0 Å². The van der Waals surface area contributed by atoms with E-state index < -0.39 is 11.9 Å². The first kappa shape index (κ1) is 28.0. The van der Waals surface area contributed by atoms with E-state index in [1.807, 2.05) is 6.21 Å². The lowest BCUT2D eigenvalue weighted by Crippen LogP contribution is -2.51. The molecule has 1 aromatic rings. The predicted molar refractivity (Wildman–Crippen MR) is 134 cm³/mol. The topological polar surface area (TPSA) is 155 Å². The molecule has 9 heteroatoms. The molecule has 0 radical (unpaired) electrons. The first-order valence-electron chi connectivity index (χ1n) is 11.8. The normalized spacial score (nSPS) is 26.8. The lowest BCUT2D eigenvalue weighted by Gasteiger charge is -2.54. The molecular weight excluding hydrogens is 450 g/mol. The van der Waals surface area contributed by atoms with Gasteiger partial charge in [-0.05, 0) is 53.7 Å². The van der Waals surface area contributed by atoms with Crippen molar-refractivity contribution in [3.8, 4) is 0 Å². The van der Waals surface area contributed by atoms with Gasteiger partial charge >= 0.3 is 11.9 Å². The highest BCUT2D eigenvalue weighted by atomic mass is 16.6. The maximum atomic E-state index is 9.77. The minimum atomic E-state index is -1.26. The van der Waals surface area contributed by atoms with Crippen LogP contribution in [0.5, 0.6) is 0 Å². The summed E-state index contributed by atoms with van der Waals surface area (Å²) in [6, 6.07) is 6.72. The maximum absolute atomic E-state index is 9.77. The van der Waals surface area contributed by atoms with E-state index in [9.17, 15) is 14.8 Å². The Morgan fingerprint density at radius 3 is 2.40 bits per heavy atom. The number of benzene rings is 1. The summed E-state index contributed by atoms with van der Waals surface area (Å²) < 4.78 is 0. The SMILES string of the molecule is CC(C)c1ccc2c(c1)/C(=N\O)C[C@H]1[C@](C)(/C=N/OCCN)CCC[C@]21C.O=C(O)/C=C/C(=O)O. The van der Waals surface area contributed by atoms with Gasteiger partial charge in [0, 0.05) is 35.9 Å². The Kier molecular flexibility index (Phi) is 9.59. The van der Waals surface area contributed by atoms with E-state index in [4.69, 9.17) is 20.8 Å². The van der Waals surface area contributed by atoms with Crippen LogP contribution in [0.4, 0.5) is 0 Å². The largest absolute Gasteiger partial charge is 0.478 e. The van der Waals surface area contributed by atoms with Gasteiger partial charge in [0.15, 0.2) is 0 Å². The molecule has 35 heavy (non-hydrogen) atoms. The minimum absolute atomic E-state index is 0.0337. The number of hydrogen-bond donors (Lipinski definition) is 4. The van der Waals surface area contributed by atoms with Gasteiger partial charge in [0.25, 0.3) is 0 Å². The second-order valence-corrected chi connectivity index (χ2v) is 9.91. The molecule has 1 saturated carbocycles. The van der Waals surface area contributed by atoms with Crippen LogP contribution in [0.15, 0.2) is 40.7 Å². The molecule has 0 aliphatic heterocycles. The van der Waals surface area contributed by atoms with Gasteiger partial charge < -0.3 is 26.0 Å². The summed E-state index contributed by atoms with van der Waals surface area (Å²) in [4.78, 5) is 24.4. The molecule has 3 atom stereocenters. The second kappa shape index (κ2) is 12.0. The van der Waals surface area contributed by atoms with Gasteiger partial charge in [-0.1, -0.05) is 56.6 Å². The highest BCUT2D eigenvalue weighted by molar-refractivity contribution is 6.03. The number of aliphatic carboxylic acids is 2. The number of fused-ring (bicyclic) bond motifs is 3. The summed E-state index contributed by atoms with van der Waals surface area (Å²) in [5, 5.41) is 33.3. The highest BCUT2D eigenvalue weighted by Crippen LogP contribution is 2.56. The average molecular weight is 488 g/mol. The van der Waals surface area contributed by atoms with Crippen LogP contribution >= 0.6 is 0 Å². The van der Waals surface area contributed by atoms with Crippen LogP contribution in [-0.4, -0.2) is 52.4 Å². The van der Waals surface area contributed by atoms with Crippen LogP contribution in [0.2, 0.25) is 0 Å². The van der Waals surface area contributed by atoms with Gasteiger partial charge in [0.1, 0.15) is 6.61 Å². The molecule has 2 aliphatic carbocycles. The van der Waals surface area contributed by atoms with Gasteiger partial charge in [-0.25, -0.2) is 9.59 Å². The van der Waals surface area contributed by atoms with E-state index in [1.54, 1.807) is 0 Å². The zero-order valence-electron chi connectivity index (χ0n) is 20.9. The van der Waals surface area contributed by atoms with Gasteiger partial charge in [0.05, 0.1) is 5.71 Å². The molecule has 3 rings (SSSR count). The average Bonchev–Trinajstić information content (AvgIpc) is 2.80. The van der Waals surface area contributed by atoms with Crippen molar-refractivity contribution in [1.29, 1.82) is 0 Å². The van der Waals surface area contributed by atoms with Crippen LogP contribution < -0.4 is 5.73 Å². The Morgan fingerprint density at radius 1 is 1.20 bits per heavy atom. The first-order valence-corrected chi connectivity index (χ1v) is 11.8. The van der Waals surface area contributed by atoms with Gasteiger partial charge in [-0.3, -0.25) is 0 Å². The Bertz CT molecular complexity index is 987. The molecule has 5 N–H and O–H groups in total. The van der Waals surface area contributed by atoms with Crippen LogP contribution in [0.25, 0.3) is 0 Å². The number of rotatable bonds is 7. The van der Waals surface area contributed by atoms with Crippen molar-refractivity contribution < 1.29 is 29.8 Å². The molecule has 0 aromatic heterocycles. The van der Waals surface area contributed by atoms with Crippen molar-refractivity contribution in [2.24, 2.45) is 27.4 Å². The summed E-state index contributed by atoms with van der Waals surface area (Å²) in [5.74, 6) is -1.75. The van der Waals surface area contributed by atoms with E-state index in [0.29, 0.717) is 37.1 Å². The number of carboxylic acid groups (broad SMARTS) is 2. The summed E-state index contributed by atoms with van der Waals surface area (Å²) in [6.45, 7) is 9.90. The quantitative estimate of drug-likeness (QED) is 0.148. The van der Waals surface area contributed by atoms with Crippen molar-refractivity contribution >= 4 is 23.9 Å². The number of carbonyl (C=O) groups is 2. The van der Waals surface area contributed by atoms with Gasteiger partial charge in [-0.2, -0.15) is 0 Å². The fourth-order valence-corrected chi connectivity index (χ4v) is 5.31. The van der Waals surface area contributed by atoms with E-state index in [0.717, 1.165) is 37.0 Å². The number of hydrogen-bond acceptors (Lipinski definition) is 7. The molecule has 0 saturated heterocycles.